The molecule has 1 N–H and O–H groups in total. The van der Waals surface area contributed by atoms with E-state index in [0.29, 0.717) is 23.9 Å². The van der Waals surface area contributed by atoms with Crippen LogP contribution in [0.25, 0.3) is 0 Å². The van der Waals surface area contributed by atoms with E-state index in [9.17, 15) is 4.79 Å². The number of nitrogens with one attached hydrogen (secondary N) is 1. The highest BCUT2D eigenvalue weighted by atomic mass is 32.1. The highest BCUT2D eigenvalue weighted by Crippen LogP contribution is 2.20. The van der Waals surface area contributed by atoms with Gasteiger partial charge in [0.15, 0.2) is 6.39 Å². The van der Waals surface area contributed by atoms with Crippen molar-refractivity contribution in [3.8, 4) is 0 Å². The summed E-state index contributed by atoms with van der Waals surface area (Å²) in [5, 5.41) is 5.09. The molecule has 0 unspecified atom stereocenters. The number of carbonyl (C=O) groups is 1. The SMILES string of the molecule is Cc1ncoc1C(=O)NCC1CCN(Cc2cccs2)CC1. The second kappa shape index (κ2) is 7.07. The van der Waals surface area contributed by atoms with Gasteiger partial charge in [0.1, 0.15) is 0 Å². The molecule has 118 valence electrons. The minimum atomic E-state index is -0.156. The Labute approximate surface area is 134 Å². The zero-order chi connectivity index (χ0) is 15.4. The third-order valence-corrected chi connectivity index (χ3v) is 5.03. The van der Waals surface area contributed by atoms with Gasteiger partial charge in [-0.15, -0.1) is 11.3 Å². The normalized spacial score (nSPS) is 16.8. The zero-order valence-corrected chi connectivity index (χ0v) is 13.6. The molecule has 3 rings (SSSR count). The van der Waals surface area contributed by atoms with Crippen molar-refractivity contribution >= 4 is 17.2 Å². The Balaban J connectivity index is 1.40. The van der Waals surface area contributed by atoms with Crippen molar-refractivity contribution in [1.82, 2.24) is 15.2 Å². The number of likely N-dealkylation sites (tertiary alicyclic amines) is 1. The van der Waals surface area contributed by atoms with Crippen LogP contribution in [0, 0.1) is 12.8 Å². The molecule has 6 heteroatoms. The van der Waals surface area contributed by atoms with Gasteiger partial charge in [-0.05, 0) is 50.2 Å². The van der Waals surface area contributed by atoms with Gasteiger partial charge in [0.05, 0.1) is 5.69 Å². The Hall–Kier alpha value is -1.66. The topological polar surface area (TPSA) is 58.4 Å². The Bertz CT molecular complexity index is 601. The predicted molar refractivity (Wildman–Crippen MR) is 85.9 cm³/mol. The van der Waals surface area contributed by atoms with E-state index in [1.54, 1.807) is 6.92 Å². The maximum Gasteiger partial charge on any atom is 0.289 e. The third-order valence-electron chi connectivity index (χ3n) is 4.17. The molecular weight excluding hydrogens is 298 g/mol. The molecule has 0 radical (unpaired) electrons. The zero-order valence-electron chi connectivity index (χ0n) is 12.7. The van der Waals surface area contributed by atoms with Gasteiger partial charge >= 0.3 is 0 Å². The fourth-order valence-electron chi connectivity index (χ4n) is 2.81. The van der Waals surface area contributed by atoms with Crippen molar-refractivity contribution in [2.24, 2.45) is 5.92 Å². The maximum atomic E-state index is 12.0. The van der Waals surface area contributed by atoms with E-state index >= 15 is 0 Å². The van der Waals surface area contributed by atoms with Gasteiger partial charge in [-0.1, -0.05) is 6.07 Å². The number of aryl methyl sites for hydroxylation is 1. The number of thiophene rings is 1. The fourth-order valence-corrected chi connectivity index (χ4v) is 3.55. The number of rotatable bonds is 5. The average molecular weight is 319 g/mol. The molecule has 1 aliphatic heterocycles. The van der Waals surface area contributed by atoms with Crippen LogP contribution in [0.5, 0.6) is 0 Å². The van der Waals surface area contributed by atoms with E-state index < -0.39 is 0 Å². The highest BCUT2D eigenvalue weighted by Gasteiger charge is 2.21. The van der Waals surface area contributed by atoms with Crippen LogP contribution in [-0.4, -0.2) is 35.4 Å². The van der Waals surface area contributed by atoms with Crippen LogP contribution in [0.2, 0.25) is 0 Å². The lowest BCUT2D eigenvalue weighted by Gasteiger charge is -2.31. The number of carbonyl (C=O) groups excluding carboxylic acids is 1. The minimum absolute atomic E-state index is 0.156. The van der Waals surface area contributed by atoms with E-state index in [4.69, 9.17) is 4.42 Å². The molecule has 5 nitrogen and oxygen atoms in total. The Morgan fingerprint density at radius 1 is 1.50 bits per heavy atom. The van der Waals surface area contributed by atoms with Crippen LogP contribution < -0.4 is 5.32 Å². The van der Waals surface area contributed by atoms with Crippen LogP contribution in [0.1, 0.15) is 34.0 Å². The van der Waals surface area contributed by atoms with E-state index in [-0.39, 0.29) is 5.91 Å². The summed E-state index contributed by atoms with van der Waals surface area (Å²) in [6.07, 6.45) is 3.56. The number of oxazole rings is 1. The summed E-state index contributed by atoms with van der Waals surface area (Å²) in [6, 6.07) is 4.30. The molecule has 0 bridgehead atoms. The van der Waals surface area contributed by atoms with Crippen molar-refractivity contribution in [2.45, 2.75) is 26.3 Å². The molecule has 3 heterocycles. The molecule has 2 aromatic heterocycles. The summed E-state index contributed by atoms with van der Waals surface area (Å²) >= 11 is 1.82. The Morgan fingerprint density at radius 3 is 2.95 bits per heavy atom. The molecule has 0 spiro atoms. The van der Waals surface area contributed by atoms with Crippen LogP contribution in [0.4, 0.5) is 0 Å². The molecule has 0 saturated carbocycles. The molecule has 0 atom stereocenters. The number of nitrogens with zero attached hydrogens (tertiary/aromatic N) is 2. The number of hydrogen-bond acceptors (Lipinski definition) is 5. The predicted octanol–water partition coefficient (Wildman–Crippen LogP) is 2.69. The van der Waals surface area contributed by atoms with Crippen LogP contribution >= 0.6 is 11.3 Å². The quantitative estimate of drug-likeness (QED) is 0.920. The van der Waals surface area contributed by atoms with Crippen molar-refractivity contribution in [2.75, 3.05) is 19.6 Å². The molecule has 22 heavy (non-hydrogen) atoms. The molecule has 1 saturated heterocycles. The third kappa shape index (κ3) is 3.75. The molecular formula is C16H21N3O2S. The van der Waals surface area contributed by atoms with Gasteiger partial charge in [0.2, 0.25) is 5.76 Å². The molecule has 0 aliphatic carbocycles. The summed E-state index contributed by atoms with van der Waals surface area (Å²) in [5.41, 5.74) is 0.642. The maximum absolute atomic E-state index is 12.0. The standard InChI is InChI=1S/C16H21N3O2S/c1-12-15(21-11-18-12)16(20)17-9-13-4-6-19(7-5-13)10-14-3-2-8-22-14/h2-3,8,11,13H,4-7,9-10H2,1H3,(H,17,20). The largest absolute Gasteiger partial charge is 0.438 e. The molecule has 0 aromatic carbocycles. The minimum Gasteiger partial charge on any atom is -0.438 e. The van der Waals surface area contributed by atoms with E-state index in [1.807, 2.05) is 11.3 Å². The number of aromatic nitrogens is 1. The lowest BCUT2D eigenvalue weighted by Crippen LogP contribution is -2.38. The van der Waals surface area contributed by atoms with E-state index in [1.165, 1.54) is 11.3 Å². The molecule has 1 amide bonds. The van der Waals surface area contributed by atoms with Gasteiger partial charge in [-0.25, -0.2) is 4.98 Å². The van der Waals surface area contributed by atoms with Gasteiger partial charge in [-0.2, -0.15) is 0 Å². The number of hydrogen-bond donors (Lipinski definition) is 1. The average Bonchev–Trinajstić information content (AvgIpc) is 3.18. The summed E-state index contributed by atoms with van der Waals surface area (Å²) in [6.45, 7) is 5.74. The van der Waals surface area contributed by atoms with E-state index in [0.717, 1.165) is 32.5 Å². The van der Waals surface area contributed by atoms with Crippen molar-refractivity contribution in [3.63, 3.8) is 0 Å². The Morgan fingerprint density at radius 2 is 2.32 bits per heavy atom. The first-order valence-corrected chi connectivity index (χ1v) is 8.53. The van der Waals surface area contributed by atoms with E-state index in [2.05, 4.69) is 32.7 Å². The second-order valence-corrected chi connectivity index (χ2v) is 6.81. The Kier molecular flexibility index (Phi) is 4.90. The summed E-state index contributed by atoms with van der Waals surface area (Å²) in [5.74, 6) is 0.720. The first kappa shape index (κ1) is 15.2. The second-order valence-electron chi connectivity index (χ2n) is 5.78. The molecule has 2 aromatic rings. The lowest BCUT2D eigenvalue weighted by atomic mass is 9.96. The highest BCUT2D eigenvalue weighted by molar-refractivity contribution is 7.09. The number of piperidine rings is 1. The molecule has 1 aliphatic rings. The first-order valence-electron chi connectivity index (χ1n) is 7.65. The van der Waals surface area contributed by atoms with Crippen LogP contribution in [0.3, 0.4) is 0 Å². The summed E-state index contributed by atoms with van der Waals surface area (Å²) < 4.78 is 5.11. The molecule has 1 fully saturated rings. The van der Waals surface area contributed by atoms with Crippen molar-refractivity contribution < 1.29 is 9.21 Å². The monoisotopic (exact) mass is 319 g/mol. The van der Waals surface area contributed by atoms with Gasteiger partial charge in [0.25, 0.3) is 5.91 Å². The smallest absolute Gasteiger partial charge is 0.289 e. The van der Waals surface area contributed by atoms with Crippen LogP contribution in [0.15, 0.2) is 28.3 Å². The van der Waals surface area contributed by atoms with Gasteiger partial charge < -0.3 is 9.73 Å². The van der Waals surface area contributed by atoms with Crippen molar-refractivity contribution in [1.29, 1.82) is 0 Å². The summed E-state index contributed by atoms with van der Waals surface area (Å²) in [7, 11) is 0. The first-order chi connectivity index (χ1) is 10.7. The van der Waals surface area contributed by atoms with Crippen LogP contribution in [-0.2, 0) is 6.54 Å². The number of amides is 1. The van der Waals surface area contributed by atoms with Crippen molar-refractivity contribution in [3.05, 3.63) is 40.2 Å². The summed E-state index contributed by atoms with van der Waals surface area (Å²) in [4.78, 5) is 19.9. The lowest BCUT2D eigenvalue weighted by molar-refractivity contribution is 0.0907. The van der Waals surface area contributed by atoms with Gasteiger partial charge in [0, 0.05) is 18.0 Å². The van der Waals surface area contributed by atoms with Gasteiger partial charge in [-0.3, -0.25) is 9.69 Å². The fraction of sp³-hybridized carbons (Fsp3) is 0.500.